The number of nitrogens with one attached hydrogen (secondary N) is 1. The van der Waals surface area contributed by atoms with E-state index in [9.17, 15) is 22.8 Å². The Hall–Kier alpha value is -2.33. The molecule has 0 bridgehead atoms. The van der Waals surface area contributed by atoms with Gasteiger partial charge in [-0.15, -0.1) is 0 Å². The molecule has 0 saturated carbocycles. The van der Waals surface area contributed by atoms with Crippen molar-refractivity contribution >= 4 is 27.6 Å². The summed E-state index contributed by atoms with van der Waals surface area (Å²) < 4.78 is 27.0. The standard InChI is InChI=1S/C18H26N4O5S/c1-12(18(19)25)6-9-17(24)22(14-8-7-13(2)21-11-15(14)23)28(26,27)16-5-3-4-10-20-16/h3-5,10,12-14,21H,6-9,11H2,1-2H3,(H2,19,25)/t12-,13-,14-/m0/s1. The number of amides is 2. The summed E-state index contributed by atoms with van der Waals surface area (Å²) in [5.74, 6) is -2.28. The van der Waals surface area contributed by atoms with Crippen LogP contribution in [0.1, 0.15) is 39.5 Å². The van der Waals surface area contributed by atoms with Crippen molar-refractivity contribution in [3.05, 3.63) is 24.4 Å². The highest BCUT2D eigenvalue weighted by Gasteiger charge is 2.40. The molecule has 0 radical (unpaired) electrons. The minimum atomic E-state index is -4.33. The van der Waals surface area contributed by atoms with Gasteiger partial charge in [0.2, 0.25) is 11.8 Å². The van der Waals surface area contributed by atoms with E-state index in [4.69, 9.17) is 5.73 Å². The first-order valence-corrected chi connectivity index (χ1v) is 10.6. The fourth-order valence-electron chi connectivity index (χ4n) is 2.98. The molecule has 10 heteroatoms. The van der Waals surface area contributed by atoms with Crippen molar-refractivity contribution in [1.29, 1.82) is 0 Å². The zero-order valence-corrected chi connectivity index (χ0v) is 16.8. The lowest BCUT2D eigenvalue weighted by atomic mass is 10.0. The summed E-state index contributed by atoms with van der Waals surface area (Å²) in [6.07, 6.45) is 1.94. The van der Waals surface area contributed by atoms with Crippen LogP contribution in [0.4, 0.5) is 0 Å². The van der Waals surface area contributed by atoms with E-state index in [1.807, 2.05) is 6.92 Å². The maximum Gasteiger partial charge on any atom is 0.284 e. The largest absolute Gasteiger partial charge is 0.369 e. The van der Waals surface area contributed by atoms with Gasteiger partial charge in [0, 0.05) is 24.6 Å². The second-order valence-corrected chi connectivity index (χ2v) is 8.81. The van der Waals surface area contributed by atoms with Crippen molar-refractivity contribution in [2.45, 2.75) is 56.6 Å². The predicted octanol–water partition coefficient (Wildman–Crippen LogP) is 0.210. The summed E-state index contributed by atoms with van der Waals surface area (Å²) in [6.45, 7) is 3.43. The van der Waals surface area contributed by atoms with Gasteiger partial charge in [-0.1, -0.05) is 13.0 Å². The molecule has 2 heterocycles. The van der Waals surface area contributed by atoms with Crippen LogP contribution in [0.2, 0.25) is 0 Å². The number of aromatic nitrogens is 1. The van der Waals surface area contributed by atoms with Gasteiger partial charge in [-0.2, -0.15) is 8.42 Å². The molecule has 28 heavy (non-hydrogen) atoms. The molecule has 1 aromatic rings. The van der Waals surface area contributed by atoms with Gasteiger partial charge in [-0.3, -0.25) is 14.4 Å². The van der Waals surface area contributed by atoms with Crippen molar-refractivity contribution in [3.8, 4) is 0 Å². The lowest BCUT2D eigenvalue weighted by Gasteiger charge is -2.29. The number of ketones is 1. The first-order valence-electron chi connectivity index (χ1n) is 9.18. The van der Waals surface area contributed by atoms with Gasteiger partial charge >= 0.3 is 0 Å². The molecule has 1 aliphatic rings. The maximum atomic E-state index is 13.2. The van der Waals surface area contributed by atoms with Crippen LogP contribution in [0.25, 0.3) is 0 Å². The summed E-state index contributed by atoms with van der Waals surface area (Å²) in [7, 11) is -4.33. The second-order valence-electron chi connectivity index (χ2n) is 7.05. The van der Waals surface area contributed by atoms with Gasteiger partial charge in [0.05, 0.1) is 6.54 Å². The van der Waals surface area contributed by atoms with Crippen LogP contribution in [-0.2, 0) is 24.4 Å². The fourth-order valence-corrected chi connectivity index (χ4v) is 4.54. The molecular formula is C18H26N4O5S. The zero-order valence-electron chi connectivity index (χ0n) is 16.0. The van der Waals surface area contributed by atoms with Crippen molar-refractivity contribution in [2.24, 2.45) is 11.7 Å². The van der Waals surface area contributed by atoms with E-state index in [0.29, 0.717) is 10.7 Å². The molecule has 3 N–H and O–H groups in total. The number of nitrogens with zero attached hydrogens (tertiary/aromatic N) is 2. The smallest absolute Gasteiger partial charge is 0.284 e. The van der Waals surface area contributed by atoms with E-state index >= 15 is 0 Å². The third-order valence-electron chi connectivity index (χ3n) is 4.84. The lowest BCUT2D eigenvalue weighted by molar-refractivity contribution is -0.134. The summed E-state index contributed by atoms with van der Waals surface area (Å²) in [5.41, 5.74) is 5.22. The lowest BCUT2D eigenvalue weighted by Crippen LogP contribution is -2.49. The Morgan fingerprint density at radius 1 is 1.36 bits per heavy atom. The quantitative estimate of drug-likeness (QED) is 0.655. The van der Waals surface area contributed by atoms with Crippen molar-refractivity contribution < 1.29 is 22.8 Å². The van der Waals surface area contributed by atoms with Gasteiger partial charge < -0.3 is 11.1 Å². The van der Waals surface area contributed by atoms with Crippen LogP contribution in [0.3, 0.4) is 0 Å². The predicted molar refractivity (Wildman–Crippen MR) is 101 cm³/mol. The van der Waals surface area contributed by atoms with Crippen LogP contribution in [0.15, 0.2) is 29.4 Å². The second kappa shape index (κ2) is 9.24. The number of nitrogens with two attached hydrogens (primary N) is 1. The Kier molecular flexibility index (Phi) is 7.25. The zero-order chi connectivity index (χ0) is 20.9. The average molecular weight is 410 g/mol. The van der Waals surface area contributed by atoms with Crippen LogP contribution in [0, 0.1) is 5.92 Å². The van der Waals surface area contributed by atoms with Gasteiger partial charge in [-0.25, -0.2) is 9.29 Å². The molecule has 1 aromatic heterocycles. The molecular weight excluding hydrogens is 384 g/mol. The number of hydrogen-bond acceptors (Lipinski definition) is 7. The summed E-state index contributed by atoms with van der Waals surface area (Å²) in [4.78, 5) is 40.6. The Morgan fingerprint density at radius 3 is 2.68 bits per heavy atom. The van der Waals surface area contributed by atoms with Crippen molar-refractivity contribution in [3.63, 3.8) is 0 Å². The minimum absolute atomic E-state index is 0.0228. The Labute approximate surface area is 164 Å². The van der Waals surface area contributed by atoms with Gasteiger partial charge in [-0.05, 0) is 38.3 Å². The summed E-state index contributed by atoms with van der Waals surface area (Å²) in [6, 6.07) is 3.25. The maximum absolute atomic E-state index is 13.2. The van der Waals surface area contributed by atoms with E-state index in [2.05, 4.69) is 10.3 Å². The number of hydrogen-bond donors (Lipinski definition) is 2. The number of rotatable bonds is 7. The minimum Gasteiger partial charge on any atom is -0.369 e. The number of Topliss-reactive ketones (excluding diaryl/α,β-unsaturated/α-hetero) is 1. The Bertz CT molecular complexity index is 828. The summed E-state index contributed by atoms with van der Waals surface area (Å²) in [5, 5.41) is 2.71. The van der Waals surface area contributed by atoms with Gasteiger partial charge in [0.25, 0.3) is 10.0 Å². The number of carbonyl (C=O) groups excluding carboxylic acids is 3. The number of primary amides is 1. The van der Waals surface area contributed by atoms with E-state index in [1.54, 1.807) is 13.0 Å². The van der Waals surface area contributed by atoms with Crippen LogP contribution < -0.4 is 11.1 Å². The number of pyridine rings is 1. The first kappa shape index (κ1) is 22.0. The normalized spacial score (nSPS) is 21.6. The van der Waals surface area contributed by atoms with Gasteiger partial charge in [0.15, 0.2) is 10.8 Å². The first-order chi connectivity index (χ1) is 13.1. The molecule has 0 aromatic carbocycles. The summed E-state index contributed by atoms with van der Waals surface area (Å²) >= 11 is 0. The SMILES string of the molecule is C[C@H]1CC[C@H](N(C(=O)CC[C@H](C)C(N)=O)S(=O)(=O)c2ccccn2)C(=O)CN1. The molecule has 0 spiro atoms. The highest BCUT2D eigenvalue weighted by atomic mass is 32.2. The van der Waals surface area contributed by atoms with Crippen LogP contribution in [-0.4, -0.2) is 53.9 Å². The Balaban J connectivity index is 2.39. The third kappa shape index (κ3) is 5.14. The van der Waals surface area contributed by atoms with Crippen LogP contribution >= 0.6 is 0 Å². The third-order valence-corrected chi connectivity index (χ3v) is 6.58. The molecule has 1 saturated heterocycles. The molecule has 0 unspecified atom stereocenters. The monoisotopic (exact) mass is 410 g/mol. The van der Waals surface area contributed by atoms with Crippen molar-refractivity contribution in [2.75, 3.05) is 6.54 Å². The number of carbonyl (C=O) groups is 3. The molecule has 9 nitrogen and oxygen atoms in total. The fraction of sp³-hybridized carbons (Fsp3) is 0.556. The molecule has 0 aliphatic carbocycles. The molecule has 1 fully saturated rings. The number of sulfonamides is 1. The van der Waals surface area contributed by atoms with Crippen molar-refractivity contribution in [1.82, 2.24) is 14.6 Å². The van der Waals surface area contributed by atoms with E-state index in [-0.39, 0.29) is 42.7 Å². The van der Waals surface area contributed by atoms with E-state index < -0.39 is 33.8 Å². The Morgan fingerprint density at radius 2 is 2.07 bits per heavy atom. The van der Waals surface area contributed by atoms with E-state index in [1.165, 1.54) is 18.3 Å². The molecule has 154 valence electrons. The molecule has 1 aliphatic heterocycles. The topological polar surface area (TPSA) is 140 Å². The van der Waals surface area contributed by atoms with Gasteiger partial charge in [0.1, 0.15) is 6.04 Å². The molecule has 2 rings (SSSR count). The highest BCUT2D eigenvalue weighted by molar-refractivity contribution is 7.89. The molecule has 2 amide bonds. The van der Waals surface area contributed by atoms with E-state index in [0.717, 1.165) is 0 Å². The van der Waals surface area contributed by atoms with Crippen LogP contribution in [0.5, 0.6) is 0 Å². The molecule has 3 atom stereocenters. The highest BCUT2D eigenvalue weighted by Crippen LogP contribution is 2.24. The average Bonchev–Trinajstić information content (AvgIpc) is 2.82.